The highest BCUT2D eigenvalue weighted by molar-refractivity contribution is 7.14. The first-order valence-electron chi connectivity index (χ1n) is 14.6. The Morgan fingerprint density at radius 3 is 2.63 bits per heavy atom. The van der Waals surface area contributed by atoms with Gasteiger partial charge in [0.1, 0.15) is 19.0 Å². The number of methoxy groups -OCH3 is 1. The summed E-state index contributed by atoms with van der Waals surface area (Å²) in [4.78, 5) is 22.0. The van der Waals surface area contributed by atoms with Gasteiger partial charge in [-0.15, -0.1) is 0 Å². The fourth-order valence-corrected chi connectivity index (χ4v) is 7.47. The molecule has 0 radical (unpaired) electrons. The van der Waals surface area contributed by atoms with Crippen LogP contribution >= 0.6 is 34.5 Å². The molecule has 6 rings (SSSR count). The highest BCUT2D eigenvalue weighted by atomic mass is 35.5. The number of piperazine rings is 1. The van der Waals surface area contributed by atoms with E-state index in [4.69, 9.17) is 37.4 Å². The van der Waals surface area contributed by atoms with Gasteiger partial charge < -0.3 is 29.7 Å². The number of fused-ring (bicyclic) bond motifs is 2. The summed E-state index contributed by atoms with van der Waals surface area (Å²) in [6.45, 7) is 6.66. The molecule has 228 valence electrons. The zero-order valence-corrected chi connectivity index (χ0v) is 26.9. The number of aryl methyl sites for hydroxylation is 1. The molecule has 2 aliphatic heterocycles. The fraction of sp³-hybridized carbons (Fsp3) is 0.438. The van der Waals surface area contributed by atoms with Crippen LogP contribution in [-0.2, 0) is 11.3 Å². The molecule has 43 heavy (non-hydrogen) atoms. The van der Waals surface area contributed by atoms with Crippen LogP contribution in [0.25, 0.3) is 5.57 Å². The van der Waals surface area contributed by atoms with Gasteiger partial charge >= 0.3 is 0 Å². The molecule has 2 fully saturated rings. The van der Waals surface area contributed by atoms with E-state index in [1.54, 1.807) is 7.11 Å². The zero-order valence-electron chi connectivity index (χ0n) is 24.5. The van der Waals surface area contributed by atoms with E-state index in [1.807, 2.05) is 37.4 Å². The summed E-state index contributed by atoms with van der Waals surface area (Å²) < 4.78 is 17.3. The van der Waals surface area contributed by atoms with Crippen molar-refractivity contribution in [2.75, 3.05) is 33.4 Å². The standard InChI is InChI=1S/C32H36Cl2N4O4S/c1-18-11-24(33)30(25(34)12-18)41-9-10-42-32-36-16-28(43-32)23-13-21-14-35-15-26(37-21)29(23)31(39)38(22-7-8-22)17-20-5-4-6-27(40-3)19(20)2/h4-6,11-12,16,21-22,26,35,37H,7-10,13-15,17H2,1-3H3/t21-,26-/m0/s1. The van der Waals surface area contributed by atoms with Crippen LogP contribution in [0.15, 0.2) is 42.1 Å². The molecule has 0 unspecified atom stereocenters. The lowest BCUT2D eigenvalue weighted by atomic mass is 9.86. The second kappa shape index (κ2) is 13.0. The maximum Gasteiger partial charge on any atom is 0.273 e. The lowest BCUT2D eigenvalue weighted by Gasteiger charge is -2.40. The second-order valence-corrected chi connectivity index (χ2v) is 13.1. The summed E-state index contributed by atoms with van der Waals surface area (Å²) in [5.41, 5.74) is 5.04. The Hall–Kier alpha value is -2.82. The van der Waals surface area contributed by atoms with Gasteiger partial charge in [0.2, 0.25) is 0 Å². The number of carbonyl (C=O) groups is 1. The van der Waals surface area contributed by atoms with Gasteiger partial charge in [-0.2, -0.15) is 0 Å². The van der Waals surface area contributed by atoms with Crippen molar-refractivity contribution in [3.63, 3.8) is 0 Å². The normalized spacial score (nSPS) is 19.7. The minimum atomic E-state index is -0.0634. The monoisotopic (exact) mass is 642 g/mol. The topological polar surface area (TPSA) is 85.0 Å². The van der Waals surface area contributed by atoms with Crippen LogP contribution in [0, 0.1) is 13.8 Å². The zero-order chi connectivity index (χ0) is 30.1. The number of amides is 1. The molecule has 11 heteroatoms. The summed E-state index contributed by atoms with van der Waals surface area (Å²) >= 11 is 14.1. The Kier molecular flexibility index (Phi) is 9.16. The molecule has 1 aromatic heterocycles. The first kappa shape index (κ1) is 30.2. The number of hydrogen-bond donors (Lipinski definition) is 2. The number of benzene rings is 2. The number of nitrogens with one attached hydrogen (secondary N) is 2. The Balaban J connectivity index is 1.21. The van der Waals surface area contributed by atoms with E-state index >= 15 is 0 Å². The van der Waals surface area contributed by atoms with Crippen molar-refractivity contribution in [1.82, 2.24) is 20.5 Å². The fourth-order valence-electron chi connectivity index (χ4n) is 5.90. The Labute approximate surface area is 266 Å². The van der Waals surface area contributed by atoms with Crippen molar-refractivity contribution in [3.8, 4) is 16.7 Å². The maximum absolute atomic E-state index is 14.4. The molecule has 2 bridgehead atoms. The molecule has 3 heterocycles. The number of thiazole rings is 1. The van der Waals surface area contributed by atoms with Gasteiger partial charge in [-0.1, -0.05) is 46.7 Å². The van der Waals surface area contributed by atoms with Crippen molar-refractivity contribution in [1.29, 1.82) is 0 Å². The smallest absolute Gasteiger partial charge is 0.273 e. The Morgan fingerprint density at radius 1 is 1.12 bits per heavy atom. The first-order valence-corrected chi connectivity index (χ1v) is 16.2. The van der Waals surface area contributed by atoms with Crippen LogP contribution in [0.3, 0.4) is 0 Å². The largest absolute Gasteiger partial charge is 0.496 e. The average molecular weight is 644 g/mol. The van der Waals surface area contributed by atoms with Gasteiger partial charge in [0.15, 0.2) is 5.75 Å². The average Bonchev–Trinajstić information content (AvgIpc) is 3.72. The minimum absolute atomic E-state index is 0.0634. The van der Waals surface area contributed by atoms with Crippen LogP contribution in [0.2, 0.25) is 10.0 Å². The van der Waals surface area contributed by atoms with Crippen LogP contribution in [0.1, 0.15) is 40.8 Å². The van der Waals surface area contributed by atoms with E-state index in [2.05, 4.69) is 33.5 Å². The number of aromatic nitrogens is 1. The van der Waals surface area contributed by atoms with E-state index in [0.717, 1.165) is 64.3 Å². The molecule has 3 aliphatic rings. The van der Waals surface area contributed by atoms with Crippen molar-refractivity contribution < 1.29 is 19.0 Å². The summed E-state index contributed by atoms with van der Waals surface area (Å²) in [6, 6.07) is 10.1. The van der Waals surface area contributed by atoms with E-state index < -0.39 is 0 Å². The van der Waals surface area contributed by atoms with Gasteiger partial charge in [-0.3, -0.25) is 4.79 Å². The van der Waals surface area contributed by atoms with Gasteiger partial charge in [0.05, 0.1) is 28.1 Å². The number of ether oxygens (including phenoxy) is 3. The van der Waals surface area contributed by atoms with Gasteiger partial charge in [-0.25, -0.2) is 4.98 Å². The SMILES string of the molecule is COc1cccc(CN(C(=O)C2=C(c3cnc(OCCOc4c(Cl)cc(C)cc4Cl)s3)C[C@H]3CNC[C@@H]2N3)C2CC2)c1C. The molecule has 1 saturated heterocycles. The molecule has 1 aliphatic carbocycles. The van der Waals surface area contributed by atoms with Crippen molar-refractivity contribution in [2.45, 2.75) is 57.8 Å². The first-order chi connectivity index (χ1) is 20.8. The lowest BCUT2D eigenvalue weighted by Crippen LogP contribution is -2.59. The predicted molar refractivity (Wildman–Crippen MR) is 171 cm³/mol. The van der Waals surface area contributed by atoms with Gasteiger partial charge in [0, 0.05) is 43.5 Å². The number of carbonyl (C=O) groups excluding carboxylic acids is 1. The predicted octanol–water partition coefficient (Wildman–Crippen LogP) is 5.81. The number of halogens is 2. The lowest BCUT2D eigenvalue weighted by molar-refractivity contribution is -0.128. The maximum atomic E-state index is 14.4. The van der Waals surface area contributed by atoms with Crippen molar-refractivity contribution in [3.05, 3.63) is 73.7 Å². The van der Waals surface area contributed by atoms with E-state index in [9.17, 15) is 4.79 Å². The van der Waals surface area contributed by atoms with Crippen LogP contribution < -0.4 is 24.8 Å². The quantitative estimate of drug-likeness (QED) is 0.255. The highest BCUT2D eigenvalue weighted by Gasteiger charge is 2.41. The van der Waals surface area contributed by atoms with Crippen molar-refractivity contribution >= 4 is 46.0 Å². The summed E-state index contributed by atoms with van der Waals surface area (Å²) in [5.74, 6) is 1.38. The molecule has 8 nitrogen and oxygen atoms in total. The van der Waals surface area contributed by atoms with E-state index in [0.29, 0.717) is 34.1 Å². The number of rotatable bonds is 11. The summed E-state index contributed by atoms with van der Waals surface area (Å²) in [7, 11) is 1.68. The summed E-state index contributed by atoms with van der Waals surface area (Å²) in [6.07, 6.45) is 4.63. The van der Waals surface area contributed by atoms with Crippen LogP contribution in [-0.4, -0.2) is 67.3 Å². The minimum Gasteiger partial charge on any atom is -0.496 e. The molecular formula is C32H36Cl2N4O4S. The third kappa shape index (κ3) is 6.66. The third-order valence-electron chi connectivity index (χ3n) is 8.22. The molecule has 2 aromatic carbocycles. The van der Waals surface area contributed by atoms with Gasteiger partial charge in [0.25, 0.3) is 11.1 Å². The molecule has 1 saturated carbocycles. The number of nitrogens with zero attached hydrogens (tertiary/aromatic N) is 2. The van der Waals surface area contributed by atoms with Gasteiger partial charge in [-0.05, 0) is 73.6 Å². The highest BCUT2D eigenvalue weighted by Crippen LogP contribution is 2.40. The summed E-state index contributed by atoms with van der Waals surface area (Å²) in [5, 5.41) is 8.68. The molecule has 0 spiro atoms. The molecule has 2 N–H and O–H groups in total. The van der Waals surface area contributed by atoms with Crippen LogP contribution in [0.4, 0.5) is 0 Å². The van der Waals surface area contributed by atoms with E-state index in [1.165, 1.54) is 11.3 Å². The molecule has 2 atom stereocenters. The number of hydrogen-bond acceptors (Lipinski definition) is 8. The Morgan fingerprint density at radius 2 is 1.88 bits per heavy atom. The second-order valence-electron chi connectivity index (χ2n) is 11.3. The van der Waals surface area contributed by atoms with Crippen molar-refractivity contribution in [2.24, 2.45) is 0 Å². The molecular weight excluding hydrogens is 607 g/mol. The Bertz CT molecular complexity index is 1520. The third-order valence-corrected chi connectivity index (χ3v) is 9.75. The molecule has 3 aromatic rings. The molecule has 1 amide bonds. The van der Waals surface area contributed by atoms with E-state index in [-0.39, 0.29) is 37.2 Å². The van der Waals surface area contributed by atoms with Crippen LogP contribution in [0.5, 0.6) is 16.7 Å².